The van der Waals surface area contributed by atoms with E-state index in [1.807, 2.05) is 37.3 Å². The smallest absolute Gasteiger partial charge is 0.141 e. The number of halogens is 3. The van der Waals surface area contributed by atoms with E-state index in [-0.39, 0.29) is 12.0 Å². The van der Waals surface area contributed by atoms with Gasteiger partial charge in [0.15, 0.2) is 0 Å². The monoisotopic (exact) mass is 379 g/mol. The molecule has 28 heavy (non-hydrogen) atoms. The molecule has 0 saturated heterocycles. The maximum absolute atomic E-state index is 15.0. The Morgan fingerprint density at radius 2 is 1.79 bits per heavy atom. The molecule has 1 aliphatic rings. The van der Waals surface area contributed by atoms with Crippen LogP contribution in [0.15, 0.2) is 48.5 Å². The molecule has 3 unspecified atom stereocenters. The van der Waals surface area contributed by atoms with E-state index in [0.29, 0.717) is 17.5 Å². The summed E-state index contributed by atoms with van der Waals surface area (Å²) in [5.41, 5.74) is 2.79. The van der Waals surface area contributed by atoms with Gasteiger partial charge >= 0.3 is 0 Å². The van der Waals surface area contributed by atoms with E-state index in [1.54, 1.807) is 12.1 Å². The van der Waals surface area contributed by atoms with Crippen LogP contribution in [0.4, 0.5) is 13.2 Å². The number of fused-ring (bicyclic) bond motifs is 3. The first-order valence-electron chi connectivity index (χ1n) is 9.57. The van der Waals surface area contributed by atoms with Crippen molar-refractivity contribution in [2.75, 3.05) is 0 Å². The molecule has 0 bridgehead atoms. The molecule has 0 aromatic heterocycles. The van der Waals surface area contributed by atoms with Crippen LogP contribution in [0, 0.1) is 23.1 Å². The van der Waals surface area contributed by atoms with Crippen LogP contribution >= 0.6 is 0 Å². The average molecular weight is 379 g/mol. The number of rotatable bonds is 3. The molecular weight excluding hydrogens is 359 g/mol. The molecule has 4 rings (SSSR count). The molecule has 0 N–H and O–H groups in total. The lowest BCUT2D eigenvalue weighted by Crippen LogP contribution is -2.29. The van der Waals surface area contributed by atoms with Crippen LogP contribution in [-0.4, -0.2) is 6.17 Å². The SMILES string of the molecule is CCCC1C(F)Cc2c(ccc3cc(-c4ccc(C#N)c(F)c4)ccc23)C1F. The quantitative estimate of drug-likeness (QED) is 0.489. The normalized spacial score (nSPS) is 21.3. The fraction of sp³-hybridized carbons (Fsp3) is 0.292. The Bertz CT molecular complexity index is 1080. The topological polar surface area (TPSA) is 23.8 Å². The second-order valence-electron chi connectivity index (χ2n) is 7.45. The van der Waals surface area contributed by atoms with Gasteiger partial charge in [0.1, 0.15) is 24.2 Å². The summed E-state index contributed by atoms with van der Waals surface area (Å²) >= 11 is 0. The van der Waals surface area contributed by atoms with E-state index >= 15 is 0 Å². The van der Waals surface area contributed by atoms with Crippen molar-refractivity contribution in [1.29, 1.82) is 5.26 Å². The Morgan fingerprint density at radius 1 is 1.04 bits per heavy atom. The van der Waals surface area contributed by atoms with Crippen LogP contribution in [0.1, 0.15) is 42.6 Å². The van der Waals surface area contributed by atoms with Crippen LogP contribution < -0.4 is 0 Å². The van der Waals surface area contributed by atoms with Crippen LogP contribution in [0.5, 0.6) is 0 Å². The van der Waals surface area contributed by atoms with Crippen molar-refractivity contribution in [3.05, 3.63) is 71.0 Å². The molecule has 0 heterocycles. The van der Waals surface area contributed by atoms with Crippen molar-refractivity contribution in [1.82, 2.24) is 0 Å². The summed E-state index contributed by atoms with van der Waals surface area (Å²) in [5.74, 6) is -1.14. The predicted octanol–water partition coefficient (Wildman–Crippen LogP) is 6.84. The van der Waals surface area contributed by atoms with Crippen molar-refractivity contribution in [3.8, 4) is 17.2 Å². The third kappa shape index (κ3) is 3.05. The molecule has 0 radical (unpaired) electrons. The Labute approximate surface area is 162 Å². The van der Waals surface area contributed by atoms with Crippen LogP contribution in [0.25, 0.3) is 21.9 Å². The molecule has 1 aliphatic carbocycles. The lowest BCUT2D eigenvalue weighted by Gasteiger charge is -2.32. The number of hydrogen-bond acceptors (Lipinski definition) is 1. The Balaban J connectivity index is 1.78. The van der Waals surface area contributed by atoms with E-state index in [4.69, 9.17) is 5.26 Å². The number of benzene rings is 3. The van der Waals surface area contributed by atoms with E-state index in [9.17, 15) is 13.2 Å². The summed E-state index contributed by atoms with van der Waals surface area (Å²) in [5, 5.41) is 10.6. The number of nitrogens with zero attached hydrogens (tertiary/aromatic N) is 1. The summed E-state index contributed by atoms with van der Waals surface area (Å²) < 4.78 is 43.6. The van der Waals surface area contributed by atoms with Crippen LogP contribution in [0.3, 0.4) is 0 Å². The second-order valence-corrected chi connectivity index (χ2v) is 7.45. The van der Waals surface area contributed by atoms with Crippen LogP contribution in [-0.2, 0) is 6.42 Å². The first kappa shape index (κ1) is 18.6. The first-order valence-corrected chi connectivity index (χ1v) is 9.57. The molecule has 0 aliphatic heterocycles. The highest BCUT2D eigenvalue weighted by Gasteiger charge is 2.37. The standard InChI is InChI=1S/C24H20F3N/c1-2-3-20-23(26)12-21-18-8-6-14(10-16(18)7-9-19(21)24(20)27)15-4-5-17(13-28)22(25)11-15/h4-11,20,23-24H,2-3,12H2,1H3. The maximum atomic E-state index is 15.0. The maximum Gasteiger partial charge on any atom is 0.141 e. The van der Waals surface area contributed by atoms with Crippen LogP contribution in [0.2, 0.25) is 0 Å². The Hall–Kier alpha value is -2.80. The third-order valence-corrected chi connectivity index (χ3v) is 5.75. The minimum atomic E-state index is -1.28. The number of alkyl halides is 2. The summed E-state index contributed by atoms with van der Waals surface area (Å²) in [4.78, 5) is 0. The zero-order valence-corrected chi connectivity index (χ0v) is 15.6. The highest BCUT2D eigenvalue weighted by atomic mass is 19.1. The molecule has 0 spiro atoms. The highest BCUT2D eigenvalue weighted by molar-refractivity contribution is 5.91. The zero-order valence-electron chi connectivity index (χ0n) is 15.6. The average Bonchev–Trinajstić information content (AvgIpc) is 2.70. The molecule has 0 fully saturated rings. The van der Waals surface area contributed by atoms with E-state index in [1.165, 1.54) is 12.1 Å². The fourth-order valence-electron chi connectivity index (χ4n) is 4.28. The second kappa shape index (κ2) is 7.31. The lowest BCUT2D eigenvalue weighted by molar-refractivity contribution is 0.103. The molecular formula is C24H20F3N. The summed E-state index contributed by atoms with van der Waals surface area (Å²) in [6.07, 6.45) is -0.930. The van der Waals surface area contributed by atoms with E-state index in [0.717, 1.165) is 28.3 Å². The summed E-state index contributed by atoms with van der Waals surface area (Å²) in [6.45, 7) is 1.95. The Kier molecular flexibility index (Phi) is 4.85. The zero-order chi connectivity index (χ0) is 19.8. The van der Waals surface area contributed by atoms with Crippen molar-refractivity contribution < 1.29 is 13.2 Å². The molecule has 3 atom stereocenters. The van der Waals surface area contributed by atoms with Gasteiger partial charge in [-0.1, -0.05) is 43.7 Å². The van der Waals surface area contributed by atoms with Gasteiger partial charge in [-0.15, -0.1) is 0 Å². The molecule has 4 heteroatoms. The molecule has 3 aromatic carbocycles. The molecule has 142 valence electrons. The number of hydrogen-bond donors (Lipinski definition) is 0. The van der Waals surface area contributed by atoms with Gasteiger partial charge in [0.05, 0.1) is 5.56 Å². The fourth-order valence-corrected chi connectivity index (χ4v) is 4.28. The first-order chi connectivity index (χ1) is 13.5. The molecule has 1 nitrogen and oxygen atoms in total. The van der Waals surface area contributed by atoms with Gasteiger partial charge in [-0.3, -0.25) is 0 Å². The minimum Gasteiger partial charge on any atom is -0.247 e. The molecule has 3 aromatic rings. The van der Waals surface area contributed by atoms with Gasteiger partial charge in [-0.25, -0.2) is 13.2 Å². The van der Waals surface area contributed by atoms with Gasteiger partial charge in [0.25, 0.3) is 0 Å². The van der Waals surface area contributed by atoms with Crippen molar-refractivity contribution in [3.63, 3.8) is 0 Å². The van der Waals surface area contributed by atoms with Crippen molar-refractivity contribution in [2.45, 2.75) is 38.5 Å². The predicted molar refractivity (Wildman–Crippen MR) is 105 cm³/mol. The van der Waals surface area contributed by atoms with Gasteiger partial charge < -0.3 is 0 Å². The molecule has 0 amide bonds. The molecule has 0 saturated carbocycles. The van der Waals surface area contributed by atoms with E-state index in [2.05, 4.69) is 0 Å². The minimum absolute atomic E-state index is 0.00298. The largest absolute Gasteiger partial charge is 0.247 e. The number of nitriles is 1. The van der Waals surface area contributed by atoms with Crippen molar-refractivity contribution in [2.24, 2.45) is 5.92 Å². The van der Waals surface area contributed by atoms with Gasteiger partial charge in [-0.2, -0.15) is 5.26 Å². The third-order valence-electron chi connectivity index (χ3n) is 5.75. The van der Waals surface area contributed by atoms with Crippen molar-refractivity contribution >= 4 is 10.8 Å². The van der Waals surface area contributed by atoms with Gasteiger partial charge in [-0.05, 0) is 57.6 Å². The summed E-state index contributed by atoms with van der Waals surface area (Å²) in [7, 11) is 0. The van der Waals surface area contributed by atoms with E-state index < -0.39 is 24.1 Å². The highest BCUT2D eigenvalue weighted by Crippen LogP contribution is 2.44. The Morgan fingerprint density at radius 3 is 2.50 bits per heavy atom. The van der Waals surface area contributed by atoms with Gasteiger partial charge in [0.2, 0.25) is 0 Å². The lowest BCUT2D eigenvalue weighted by atomic mass is 9.77. The van der Waals surface area contributed by atoms with Gasteiger partial charge in [0, 0.05) is 12.3 Å². The summed E-state index contributed by atoms with van der Waals surface area (Å²) in [6, 6.07) is 15.5.